The lowest BCUT2D eigenvalue weighted by molar-refractivity contribution is -0.124. The molecule has 0 saturated carbocycles. The Morgan fingerprint density at radius 1 is 1.24 bits per heavy atom. The summed E-state index contributed by atoms with van der Waals surface area (Å²) in [4.78, 5) is 17.1. The quantitative estimate of drug-likeness (QED) is 0.820. The predicted octanol–water partition coefficient (Wildman–Crippen LogP) is 1.47. The summed E-state index contributed by atoms with van der Waals surface area (Å²) in [7, 11) is 0. The molecule has 138 valence electrons. The van der Waals surface area contributed by atoms with Gasteiger partial charge in [0.1, 0.15) is 0 Å². The molecule has 2 N–H and O–H groups in total. The molecule has 0 bridgehead atoms. The molecule has 2 heterocycles. The Balaban J connectivity index is 1.54. The highest BCUT2D eigenvalue weighted by Crippen LogP contribution is 2.20. The summed E-state index contributed by atoms with van der Waals surface area (Å²) in [6.07, 6.45) is 3.29. The summed E-state index contributed by atoms with van der Waals surface area (Å²) in [5.74, 6) is 0.255. The summed E-state index contributed by atoms with van der Waals surface area (Å²) in [6.45, 7) is 6.51. The smallest absolute Gasteiger partial charge is 0.234 e. The van der Waals surface area contributed by atoms with Crippen molar-refractivity contribution in [2.45, 2.75) is 44.8 Å². The number of nitrogens with zero attached hydrogens (tertiary/aromatic N) is 2. The summed E-state index contributed by atoms with van der Waals surface area (Å²) in [5, 5.41) is 12.9. The van der Waals surface area contributed by atoms with Gasteiger partial charge in [-0.05, 0) is 44.8 Å². The van der Waals surface area contributed by atoms with Crippen molar-refractivity contribution in [3.05, 3.63) is 35.9 Å². The highest BCUT2D eigenvalue weighted by atomic mass is 16.3. The van der Waals surface area contributed by atoms with Crippen molar-refractivity contribution in [2.75, 3.05) is 32.8 Å². The number of benzene rings is 1. The molecule has 0 aliphatic carbocycles. The predicted molar refractivity (Wildman–Crippen MR) is 99.1 cm³/mol. The van der Waals surface area contributed by atoms with E-state index in [0.29, 0.717) is 12.6 Å². The average Bonchev–Trinajstić information content (AvgIpc) is 3.01. The van der Waals surface area contributed by atoms with E-state index in [-0.39, 0.29) is 24.5 Å². The van der Waals surface area contributed by atoms with E-state index in [1.165, 1.54) is 18.4 Å². The minimum absolute atomic E-state index is 0.0351. The van der Waals surface area contributed by atoms with Gasteiger partial charge in [-0.1, -0.05) is 30.3 Å². The number of rotatable bonds is 6. The number of aliphatic hydroxyl groups excluding tert-OH is 1. The molecule has 0 spiro atoms. The van der Waals surface area contributed by atoms with E-state index in [2.05, 4.69) is 46.3 Å². The van der Waals surface area contributed by atoms with E-state index in [1.807, 2.05) is 6.07 Å². The van der Waals surface area contributed by atoms with Crippen LogP contribution in [0.5, 0.6) is 0 Å². The standard InChI is InChI=1S/C20H31N3O2/c1-16-6-5-10-23(16)14-20(25)21-19-13-22(11-9-18(19)15-24)12-17-7-3-2-4-8-17/h2-4,7-8,16,18-19,24H,5-6,9-15H2,1H3,(H,21,25)/t16-,18+,19-/m1/s1. The third-order valence-corrected chi connectivity index (χ3v) is 5.71. The largest absolute Gasteiger partial charge is 0.396 e. The van der Waals surface area contributed by atoms with Crippen LogP contribution in [-0.4, -0.2) is 65.7 Å². The third-order valence-electron chi connectivity index (χ3n) is 5.71. The van der Waals surface area contributed by atoms with Crippen molar-refractivity contribution < 1.29 is 9.90 Å². The lowest BCUT2D eigenvalue weighted by atomic mass is 9.92. The zero-order chi connectivity index (χ0) is 17.6. The first-order valence-corrected chi connectivity index (χ1v) is 9.56. The van der Waals surface area contributed by atoms with Crippen LogP contribution < -0.4 is 5.32 Å². The van der Waals surface area contributed by atoms with Crippen molar-refractivity contribution in [3.8, 4) is 0 Å². The second-order valence-corrected chi connectivity index (χ2v) is 7.59. The van der Waals surface area contributed by atoms with Gasteiger partial charge < -0.3 is 10.4 Å². The number of piperidine rings is 1. The zero-order valence-electron chi connectivity index (χ0n) is 15.2. The molecule has 2 aliphatic heterocycles. The number of hydrogen-bond donors (Lipinski definition) is 2. The Bertz CT molecular complexity index is 551. The Hall–Kier alpha value is -1.43. The van der Waals surface area contributed by atoms with Crippen molar-refractivity contribution >= 4 is 5.91 Å². The van der Waals surface area contributed by atoms with Gasteiger partial charge in [0.25, 0.3) is 0 Å². The maximum Gasteiger partial charge on any atom is 0.234 e. The van der Waals surface area contributed by atoms with Crippen LogP contribution in [0, 0.1) is 5.92 Å². The first kappa shape index (κ1) is 18.4. The fourth-order valence-corrected chi connectivity index (χ4v) is 4.10. The maximum absolute atomic E-state index is 12.5. The minimum atomic E-state index is 0.0351. The topological polar surface area (TPSA) is 55.8 Å². The fourth-order valence-electron chi connectivity index (χ4n) is 4.10. The van der Waals surface area contributed by atoms with Crippen LogP contribution in [0.15, 0.2) is 30.3 Å². The van der Waals surface area contributed by atoms with E-state index in [1.54, 1.807) is 0 Å². The number of likely N-dealkylation sites (tertiary alicyclic amines) is 2. The lowest BCUT2D eigenvalue weighted by Gasteiger charge is -2.38. The first-order valence-electron chi connectivity index (χ1n) is 9.56. The molecule has 5 heteroatoms. The lowest BCUT2D eigenvalue weighted by Crippen LogP contribution is -2.55. The van der Waals surface area contributed by atoms with Gasteiger partial charge in [-0.3, -0.25) is 14.6 Å². The molecule has 0 unspecified atom stereocenters. The molecule has 5 nitrogen and oxygen atoms in total. The summed E-state index contributed by atoms with van der Waals surface area (Å²) in [5.41, 5.74) is 1.29. The molecule has 3 atom stereocenters. The van der Waals surface area contributed by atoms with E-state index >= 15 is 0 Å². The molecule has 2 aliphatic rings. The van der Waals surface area contributed by atoms with Crippen LogP contribution in [0.3, 0.4) is 0 Å². The van der Waals surface area contributed by atoms with Gasteiger partial charge in [-0.2, -0.15) is 0 Å². The molecule has 2 saturated heterocycles. The molecule has 1 aromatic carbocycles. The Morgan fingerprint density at radius 3 is 2.72 bits per heavy atom. The summed E-state index contributed by atoms with van der Waals surface area (Å²) >= 11 is 0. The average molecular weight is 345 g/mol. The molecular formula is C20H31N3O2. The molecule has 1 amide bonds. The normalized spacial score (nSPS) is 28.2. The van der Waals surface area contributed by atoms with Crippen molar-refractivity contribution in [3.63, 3.8) is 0 Å². The second kappa shape index (κ2) is 8.79. The van der Waals surface area contributed by atoms with Crippen molar-refractivity contribution in [1.82, 2.24) is 15.1 Å². The molecule has 25 heavy (non-hydrogen) atoms. The highest BCUT2D eigenvalue weighted by molar-refractivity contribution is 5.78. The van der Waals surface area contributed by atoms with E-state index < -0.39 is 0 Å². The monoisotopic (exact) mass is 345 g/mol. The van der Waals surface area contributed by atoms with Gasteiger partial charge in [-0.15, -0.1) is 0 Å². The molecular weight excluding hydrogens is 314 g/mol. The van der Waals surface area contributed by atoms with Gasteiger partial charge in [0.15, 0.2) is 0 Å². The van der Waals surface area contributed by atoms with Crippen LogP contribution in [-0.2, 0) is 11.3 Å². The van der Waals surface area contributed by atoms with Crippen LogP contribution in [0.1, 0.15) is 31.7 Å². The maximum atomic E-state index is 12.5. The highest BCUT2D eigenvalue weighted by Gasteiger charge is 2.31. The van der Waals surface area contributed by atoms with E-state index in [0.717, 1.165) is 32.6 Å². The number of nitrogens with one attached hydrogen (secondary N) is 1. The number of amides is 1. The van der Waals surface area contributed by atoms with Gasteiger partial charge in [0.05, 0.1) is 6.54 Å². The van der Waals surface area contributed by atoms with Crippen LogP contribution in [0.4, 0.5) is 0 Å². The third kappa shape index (κ3) is 5.03. The van der Waals surface area contributed by atoms with Crippen LogP contribution in [0.2, 0.25) is 0 Å². The van der Waals surface area contributed by atoms with Gasteiger partial charge in [-0.25, -0.2) is 0 Å². The Labute approximate surface area is 151 Å². The zero-order valence-corrected chi connectivity index (χ0v) is 15.2. The number of aliphatic hydroxyl groups is 1. The SMILES string of the molecule is C[C@@H]1CCCN1CC(=O)N[C@@H]1CN(Cc2ccccc2)CC[C@H]1CO. The number of carbonyl (C=O) groups is 1. The second-order valence-electron chi connectivity index (χ2n) is 7.59. The van der Waals surface area contributed by atoms with Gasteiger partial charge >= 0.3 is 0 Å². The van der Waals surface area contributed by atoms with Gasteiger partial charge in [0, 0.05) is 37.7 Å². The van der Waals surface area contributed by atoms with Gasteiger partial charge in [0.2, 0.25) is 5.91 Å². The Morgan fingerprint density at radius 2 is 2.04 bits per heavy atom. The van der Waals surface area contributed by atoms with Crippen LogP contribution >= 0.6 is 0 Å². The molecule has 0 aromatic heterocycles. The minimum Gasteiger partial charge on any atom is -0.396 e. The van der Waals surface area contributed by atoms with E-state index in [9.17, 15) is 9.90 Å². The van der Waals surface area contributed by atoms with Crippen molar-refractivity contribution in [1.29, 1.82) is 0 Å². The fraction of sp³-hybridized carbons (Fsp3) is 0.650. The molecule has 0 radical (unpaired) electrons. The Kier molecular flexibility index (Phi) is 6.45. The van der Waals surface area contributed by atoms with Crippen LogP contribution in [0.25, 0.3) is 0 Å². The summed E-state index contributed by atoms with van der Waals surface area (Å²) in [6, 6.07) is 11.0. The summed E-state index contributed by atoms with van der Waals surface area (Å²) < 4.78 is 0. The molecule has 1 aromatic rings. The molecule has 3 rings (SSSR count). The van der Waals surface area contributed by atoms with E-state index in [4.69, 9.17) is 0 Å². The number of carbonyl (C=O) groups excluding carboxylic acids is 1. The first-order chi connectivity index (χ1) is 12.2. The molecule has 2 fully saturated rings. The number of hydrogen-bond acceptors (Lipinski definition) is 4. The van der Waals surface area contributed by atoms with Crippen molar-refractivity contribution in [2.24, 2.45) is 5.92 Å².